The molecule has 0 aromatic heterocycles. The second-order valence-electron chi connectivity index (χ2n) is 4.78. The Labute approximate surface area is 112 Å². The molecule has 0 aromatic rings. The Kier molecular flexibility index (Phi) is 6.07. The summed E-state index contributed by atoms with van der Waals surface area (Å²) in [4.78, 5) is 0. The van der Waals surface area contributed by atoms with Crippen molar-refractivity contribution < 1.29 is 21.6 Å². The maximum absolute atomic E-state index is 12.0. The number of halogens is 3. The lowest BCUT2D eigenvalue weighted by Crippen LogP contribution is -2.42. The first-order valence-electron chi connectivity index (χ1n) is 6.52. The van der Waals surface area contributed by atoms with Crippen LogP contribution in [0.15, 0.2) is 0 Å². The van der Waals surface area contributed by atoms with Gasteiger partial charge in [0.2, 0.25) is 10.0 Å². The molecule has 0 saturated carbocycles. The van der Waals surface area contributed by atoms with Crippen LogP contribution in [0.1, 0.15) is 32.6 Å². The number of hydrogen-bond donors (Lipinski definition) is 1. The van der Waals surface area contributed by atoms with Crippen LogP contribution < -0.4 is 5.32 Å². The molecular formula is C11H21F3N2O2S. The summed E-state index contributed by atoms with van der Waals surface area (Å²) in [5.41, 5.74) is 0. The molecule has 1 heterocycles. The lowest BCUT2D eigenvalue weighted by Gasteiger charge is -2.24. The van der Waals surface area contributed by atoms with Gasteiger partial charge in [-0.3, -0.25) is 0 Å². The Balaban J connectivity index is 2.47. The standard InChI is InChI=1S/C11H21F3N2O2S/c1-2-16(9-10-5-3-7-15-10)19(17,18)8-4-6-11(12,13)14/h10,15H,2-9H2,1H3. The van der Waals surface area contributed by atoms with Gasteiger partial charge in [0, 0.05) is 25.6 Å². The minimum Gasteiger partial charge on any atom is -0.313 e. The van der Waals surface area contributed by atoms with Crippen molar-refractivity contribution in [1.82, 2.24) is 9.62 Å². The molecule has 1 rings (SSSR count). The van der Waals surface area contributed by atoms with E-state index in [2.05, 4.69) is 5.32 Å². The summed E-state index contributed by atoms with van der Waals surface area (Å²) >= 11 is 0. The molecule has 0 amide bonds. The molecule has 1 aliphatic rings. The van der Waals surface area contributed by atoms with E-state index >= 15 is 0 Å². The van der Waals surface area contributed by atoms with E-state index in [4.69, 9.17) is 0 Å². The first-order chi connectivity index (χ1) is 8.74. The lowest BCUT2D eigenvalue weighted by molar-refractivity contribution is -0.134. The van der Waals surface area contributed by atoms with Crippen LogP contribution in [0.4, 0.5) is 13.2 Å². The number of sulfonamides is 1. The molecule has 1 fully saturated rings. The van der Waals surface area contributed by atoms with E-state index in [9.17, 15) is 21.6 Å². The van der Waals surface area contributed by atoms with Crippen LogP contribution in [-0.2, 0) is 10.0 Å². The maximum Gasteiger partial charge on any atom is 0.389 e. The Morgan fingerprint density at radius 3 is 2.53 bits per heavy atom. The van der Waals surface area contributed by atoms with E-state index in [0.717, 1.165) is 19.4 Å². The quantitative estimate of drug-likeness (QED) is 0.779. The molecule has 1 N–H and O–H groups in total. The Morgan fingerprint density at radius 2 is 2.05 bits per heavy atom. The molecule has 8 heteroatoms. The number of alkyl halides is 3. The fourth-order valence-electron chi connectivity index (χ4n) is 2.18. The average Bonchev–Trinajstić information content (AvgIpc) is 2.76. The molecule has 1 unspecified atom stereocenters. The fourth-order valence-corrected chi connectivity index (χ4v) is 3.75. The Morgan fingerprint density at radius 1 is 1.37 bits per heavy atom. The molecule has 0 aromatic carbocycles. The maximum atomic E-state index is 12.0. The highest BCUT2D eigenvalue weighted by Crippen LogP contribution is 2.22. The smallest absolute Gasteiger partial charge is 0.313 e. The topological polar surface area (TPSA) is 49.4 Å². The van der Waals surface area contributed by atoms with Crippen LogP contribution in [0, 0.1) is 0 Å². The van der Waals surface area contributed by atoms with Crippen LogP contribution >= 0.6 is 0 Å². The second kappa shape index (κ2) is 6.90. The second-order valence-corrected chi connectivity index (χ2v) is 6.87. The van der Waals surface area contributed by atoms with Crippen molar-refractivity contribution in [3.05, 3.63) is 0 Å². The van der Waals surface area contributed by atoms with E-state index in [1.165, 1.54) is 4.31 Å². The van der Waals surface area contributed by atoms with Gasteiger partial charge in [-0.25, -0.2) is 12.7 Å². The summed E-state index contributed by atoms with van der Waals surface area (Å²) in [7, 11) is -3.59. The van der Waals surface area contributed by atoms with Gasteiger partial charge in [-0.2, -0.15) is 13.2 Å². The van der Waals surface area contributed by atoms with Gasteiger partial charge in [0.05, 0.1) is 5.75 Å². The average molecular weight is 302 g/mol. The highest BCUT2D eigenvalue weighted by molar-refractivity contribution is 7.89. The largest absolute Gasteiger partial charge is 0.389 e. The number of likely N-dealkylation sites (N-methyl/N-ethyl adjacent to an activating group) is 1. The van der Waals surface area contributed by atoms with Crippen molar-refractivity contribution in [2.45, 2.75) is 44.8 Å². The summed E-state index contributed by atoms with van der Waals surface area (Å²) in [6.45, 7) is 3.23. The van der Waals surface area contributed by atoms with E-state index in [1.807, 2.05) is 0 Å². The summed E-state index contributed by atoms with van der Waals surface area (Å²) < 4.78 is 61.3. The number of nitrogens with zero attached hydrogens (tertiary/aromatic N) is 1. The van der Waals surface area contributed by atoms with Crippen LogP contribution in [0.5, 0.6) is 0 Å². The summed E-state index contributed by atoms with van der Waals surface area (Å²) in [6, 6.07) is 0.123. The third kappa shape index (κ3) is 6.09. The summed E-state index contributed by atoms with van der Waals surface area (Å²) in [5, 5.41) is 3.19. The molecule has 0 spiro atoms. The van der Waals surface area contributed by atoms with Crippen molar-refractivity contribution in [3.8, 4) is 0 Å². The monoisotopic (exact) mass is 302 g/mol. The molecule has 19 heavy (non-hydrogen) atoms. The Bertz CT molecular complexity index is 365. The van der Waals surface area contributed by atoms with Crippen LogP contribution in [0.2, 0.25) is 0 Å². The zero-order chi connectivity index (χ0) is 14.5. The molecule has 1 saturated heterocycles. The van der Waals surface area contributed by atoms with Crippen LogP contribution in [-0.4, -0.2) is 50.3 Å². The predicted octanol–water partition coefficient (Wildman–Crippen LogP) is 1.73. The third-order valence-corrected chi connectivity index (χ3v) is 5.19. The zero-order valence-corrected chi connectivity index (χ0v) is 11.9. The van der Waals surface area contributed by atoms with E-state index in [-0.39, 0.29) is 12.5 Å². The van der Waals surface area contributed by atoms with Gasteiger partial charge in [-0.15, -0.1) is 0 Å². The van der Waals surface area contributed by atoms with Gasteiger partial charge in [0.25, 0.3) is 0 Å². The third-order valence-electron chi connectivity index (χ3n) is 3.20. The van der Waals surface area contributed by atoms with Crippen LogP contribution in [0.3, 0.4) is 0 Å². The van der Waals surface area contributed by atoms with Gasteiger partial charge < -0.3 is 5.32 Å². The first-order valence-corrected chi connectivity index (χ1v) is 8.13. The molecular weight excluding hydrogens is 281 g/mol. The molecule has 4 nitrogen and oxygen atoms in total. The molecule has 1 atom stereocenters. The zero-order valence-electron chi connectivity index (χ0n) is 11.0. The van der Waals surface area contributed by atoms with Gasteiger partial charge in [0.15, 0.2) is 0 Å². The van der Waals surface area contributed by atoms with Crippen molar-refractivity contribution in [2.75, 3.05) is 25.4 Å². The minimum absolute atomic E-state index is 0.123. The predicted molar refractivity (Wildman–Crippen MR) is 67.3 cm³/mol. The van der Waals surface area contributed by atoms with E-state index < -0.39 is 28.4 Å². The normalized spacial score (nSPS) is 21.2. The number of hydrogen-bond acceptors (Lipinski definition) is 3. The van der Waals surface area contributed by atoms with Gasteiger partial charge >= 0.3 is 6.18 Å². The minimum atomic E-state index is -4.29. The van der Waals surface area contributed by atoms with Crippen molar-refractivity contribution in [1.29, 1.82) is 0 Å². The fraction of sp³-hybridized carbons (Fsp3) is 1.00. The highest BCUT2D eigenvalue weighted by Gasteiger charge is 2.30. The van der Waals surface area contributed by atoms with E-state index in [1.54, 1.807) is 6.92 Å². The van der Waals surface area contributed by atoms with Crippen molar-refractivity contribution in [2.24, 2.45) is 0 Å². The van der Waals surface area contributed by atoms with Gasteiger partial charge in [-0.1, -0.05) is 6.92 Å². The van der Waals surface area contributed by atoms with Gasteiger partial charge in [-0.05, 0) is 25.8 Å². The van der Waals surface area contributed by atoms with Gasteiger partial charge in [0.1, 0.15) is 0 Å². The highest BCUT2D eigenvalue weighted by atomic mass is 32.2. The summed E-state index contributed by atoms with van der Waals surface area (Å²) in [6.07, 6.45) is -3.80. The van der Waals surface area contributed by atoms with Crippen molar-refractivity contribution in [3.63, 3.8) is 0 Å². The number of nitrogens with one attached hydrogen (secondary N) is 1. The molecule has 0 radical (unpaired) electrons. The van der Waals surface area contributed by atoms with E-state index in [0.29, 0.717) is 13.1 Å². The lowest BCUT2D eigenvalue weighted by atomic mass is 10.2. The van der Waals surface area contributed by atoms with Crippen molar-refractivity contribution >= 4 is 10.0 Å². The SMILES string of the molecule is CCN(CC1CCCN1)S(=O)(=O)CCCC(F)(F)F. The molecule has 1 aliphatic heterocycles. The first kappa shape index (κ1) is 16.7. The molecule has 0 bridgehead atoms. The molecule has 114 valence electrons. The summed E-state index contributed by atoms with van der Waals surface area (Å²) in [5.74, 6) is -0.437. The number of rotatable bonds is 7. The van der Waals surface area contributed by atoms with Crippen LogP contribution in [0.25, 0.3) is 0 Å². The Hall–Kier alpha value is -0.340. The molecule has 0 aliphatic carbocycles.